The molecule has 1 amide bonds. The van der Waals surface area contributed by atoms with E-state index >= 15 is 0 Å². The van der Waals surface area contributed by atoms with Crippen molar-refractivity contribution in [3.05, 3.63) is 46.5 Å². The quantitative estimate of drug-likeness (QED) is 0.542. The Morgan fingerprint density at radius 2 is 2.06 bits per heavy atom. The van der Waals surface area contributed by atoms with Crippen molar-refractivity contribution in [2.75, 3.05) is 25.6 Å². The van der Waals surface area contributed by atoms with E-state index in [2.05, 4.69) is 19.7 Å². The van der Waals surface area contributed by atoms with E-state index in [9.17, 15) is 31.1 Å². The zero-order valence-electron chi connectivity index (χ0n) is 17.6. The molecule has 190 valence electrons. The van der Waals surface area contributed by atoms with Gasteiger partial charge in [0.2, 0.25) is 5.88 Å². The Bertz CT molecular complexity index is 1150. The van der Waals surface area contributed by atoms with Gasteiger partial charge in [-0.1, -0.05) is 11.6 Å². The smallest absolute Gasteiger partial charge is 0.419 e. The summed E-state index contributed by atoms with van der Waals surface area (Å²) in [4.78, 5) is 22.9. The fourth-order valence-corrected chi connectivity index (χ4v) is 3.30. The summed E-state index contributed by atoms with van der Waals surface area (Å²) in [6.45, 7) is -1.50. The number of carbonyl (C=O) groups excluding carboxylic acids is 1. The third-order valence-corrected chi connectivity index (χ3v) is 5.04. The van der Waals surface area contributed by atoms with Gasteiger partial charge in [-0.05, 0) is 18.2 Å². The maximum Gasteiger partial charge on any atom is 0.419 e. The van der Waals surface area contributed by atoms with E-state index in [0.717, 1.165) is 12.1 Å². The average molecular weight is 528 g/mol. The van der Waals surface area contributed by atoms with Gasteiger partial charge in [-0.15, -0.1) is 0 Å². The van der Waals surface area contributed by atoms with Crippen LogP contribution in [0.3, 0.4) is 0 Å². The minimum absolute atomic E-state index is 0.286. The number of rotatable bonds is 6. The topological polar surface area (TPSA) is 121 Å². The van der Waals surface area contributed by atoms with Gasteiger partial charge in [-0.2, -0.15) is 22.0 Å². The normalized spacial score (nSPS) is 19.5. The molecule has 0 saturated carbocycles. The molecule has 0 unspecified atom stereocenters. The molecule has 3 N–H and O–H groups in total. The predicted octanol–water partition coefficient (Wildman–Crippen LogP) is 4.11. The summed E-state index contributed by atoms with van der Waals surface area (Å²) in [6, 6.07) is 1.53. The van der Waals surface area contributed by atoms with Crippen molar-refractivity contribution < 1.29 is 45.3 Å². The first kappa shape index (κ1) is 26.3. The minimum Gasteiger partial charge on any atom is -0.459 e. The van der Waals surface area contributed by atoms with Gasteiger partial charge < -0.3 is 19.9 Å². The first-order chi connectivity index (χ1) is 16.3. The molecule has 2 aromatic rings. The number of nitrogens with one attached hydrogen (secondary N) is 1. The highest BCUT2D eigenvalue weighted by molar-refractivity contribution is 6.32. The standard InChI is InChI=1S/C19H16ClF6N5O4/c1-33-5-4-17(18(22,23)8-34-15(27)31-17)13-11(21)2-3-12(29-13)30-16(32)35-14-10(20)6-9(7-28-14)19(24,25)26/h2-3,6-7H,4-5,8H2,1H3,(H2,27,31)(H,29,30,32)/t17-/m1/s1. The molecule has 0 aliphatic carbocycles. The van der Waals surface area contributed by atoms with Crippen LogP contribution in [0.2, 0.25) is 5.02 Å². The van der Waals surface area contributed by atoms with Crippen LogP contribution in [0, 0.1) is 5.82 Å². The van der Waals surface area contributed by atoms with Gasteiger partial charge in [-0.3, -0.25) is 5.32 Å². The van der Waals surface area contributed by atoms with E-state index in [1.807, 2.05) is 5.32 Å². The Hall–Kier alpha value is -3.33. The number of pyridine rings is 2. The molecule has 0 aromatic carbocycles. The number of nitrogens with two attached hydrogens (primary N) is 1. The molecule has 2 aromatic heterocycles. The van der Waals surface area contributed by atoms with Gasteiger partial charge >= 0.3 is 18.2 Å². The number of carbonyl (C=O) groups is 1. The zero-order chi connectivity index (χ0) is 26.0. The molecular formula is C19H16ClF6N5O4. The molecule has 3 heterocycles. The van der Waals surface area contributed by atoms with Gasteiger partial charge in [0.05, 0.1) is 5.56 Å². The van der Waals surface area contributed by atoms with Crippen LogP contribution in [0.5, 0.6) is 5.88 Å². The summed E-state index contributed by atoms with van der Waals surface area (Å²) < 4.78 is 97.0. The number of hydrogen-bond donors (Lipinski definition) is 2. The second kappa shape index (κ2) is 9.73. The van der Waals surface area contributed by atoms with Crippen molar-refractivity contribution in [3.8, 4) is 5.88 Å². The summed E-state index contributed by atoms with van der Waals surface area (Å²) in [5.41, 5.74) is 0.793. The van der Waals surface area contributed by atoms with E-state index in [-0.39, 0.29) is 6.61 Å². The van der Waals surface area contributed by atoms with Crippen LogP contribution < -0.4 is 15.8 Å². The number of hydrogen-bond acceptors (Lipinski definition) is 8. The summed E-state index contributed by atoms with van der Waals surface area (Å²) >= 11 is 5.68. The number of anilines is 1. The molecule has 0 fully saturated rings. The molecule has 16 heteroatoms. The molecule has 1 aliphatic rings. The Kier molecular flexibility index (Phi) is 7.31. The van der Waals surface area contributed by atoms with Gasteiger partial charge in [-0.25, -0.2) is 24.1 Å². The Morgan fingerprint density at radius 3 is 2.69 bits per heavy atom. The lowest BCUT2D eigenvalue weighted by Gasteiger charge is -2.39. The number of amides is 1. The van der Waals surface area contributed by atoms with E-state index < -0.39 is 76.6 Å². The number of methoxy groups -OCH3 is 1. The van der Waals surface area contributed by atoms with Crippen LogP contribution >= 0.6 is 11.6 Å². The molecule has 9 nitrogen and oxygen atoms in total. The van der Waals surface area contributed by atoms with Gasteiger partial charge in [0.25, 0.3) is 6.02 Å². The Labute approximate surface area is 198 Å². The Morgan fingerprint density at radius 1 is 1.34 bits per heavy atom. The van der Waals surface area contributed by atoms with Crippen LogP contribution in [0.15, 0.2) is 29.4 Å². The van der Waals surface area contributed by atoms with Crippen molar-refractivity contribution in [3.63, 3.8) is 0 Å². The number of amidine groups is 1. The molecule has 35 heavy (non-hydrogen) atoms. The number of ether oxygens (including phenoxy) is 3. The number of alkyl halides is 5. The molecule has 0 bridgehead atoms. The van der Waals surface area contributed by atoms with Crippen molar-refractivity contribution in [1.29, 1.82) is 0 Å². The molecular weight excluding hydrogens is 512 g/mol. The number of nitrogens with zero attached hydrogens (tertiary/aromatic N) is 3. The van der Waals surface area contributed by atoms with Gasteiger partial charge in [0.1, 0.15) is 22.4 Å². The summed E-state index contributed by atoms with van der Waals surface area (Å²) in [5.74, 6) is -6.10. The highest BCUT2D eigenvalue weighted by Crippen LogP contribution is 2.46. The number of halogens is 7. The van der Waals surface area contributed by atoms with Crippen LogP contribution in [-0.2, 0) is 21.2 Å². The first-order valence-electron chi connectivity index (χ1n) is 9.52. The fraction of sp³-hybridized carbons (Fsp3) is 0.368. The van der Waals surface area contributed by atoms with E-state index in [1.165, 1.54) is 7.11 Å². The largest absolute Gasteiger partial charge is 0.459 e. The van der Waals surface area contributed by atoms with E-state index in [4.69, 9.17) is 26.8 Å². The SMILES string of the molecule is COCC[C@]1(c2nc(NC(=O)Oc3ncc(C(F)(F)F)cc3Cl)ccc2F)N=C(N)OCC1(F)F. The van der Waals surface area contributed by atoms with Crippen molar-refractivity contribution in [1.82, 2.24) is 9.97 Å². The monoisotopic (exact) mass is 527 g/mol. The number of aromatic nitrogens is 2. The van der Waals surface area contributed by atoms with Crippen molar-refractivity contribution >= 4 is 29.5 Å². The highest BCUT2D eigenvalue weighted by Gasteiger charge is 2.60. The molecule has 1 aliphatic heterocycles. The van der Waals surface area contributed by atoms with Crippen LogP contribution in [0.25, 0.3) is 0 Å². The minimum atomic E-state index is -4.73. The zero-order valence-corrected chi connectivity index (χ0v) is 18.4. The third-order valence-electron chi connectivity index (χ3n) is 4.77. The third kappa shape index (κ3) is 5.51. The fourth-order valence-electron chi connectivity index (χ4n) is 3.09. The number of aliphatic imine (C=N–C) groups is 1. The molecule has 0 saturated heterocycles. The molecule has 0 spiro atoms. The highest BCUT2D eigenvalue weighted by atomic mass is 35.5. The lowest BCUT2D eigenvalue weighted by atomic mass is 9.83. The first-order valence-corrected chi connectivity index (χ1v) is 9.90. The second-order valence-electron chi connectivity index (χ2n) is 7.10. The van der Waals surface area contributed by atoms with E-state index in [0.29, 0.717) is 12.3 Å². The summed E-state index contributed by atoms with van der Waals surface area (Å²) in [5, 5.41) is 1.40. The van der Waals surface area contributed by atoms with Crippen molar-refractivity contribution in [2.24, 2.45) is 10.7 Å². The average Bonchev–Trinajstić information content (AvgIpc) is 2.76. The van der Waals surface area contributed by atoms with Crippen molar-refractivity contribution in [2.45, 2.75) is 24.1 Å². The van der Waals surface area contributed by atoms with Gasteiger partial charge in [0, 0.05) is 26.3 Å². The molecule has 3 rings (SSSR count). The maximum atomic E-state index is 15.0. The summed E-state index contributed by atoms with van der Waals surface area (Å²) in [7, 11) is 1.23. The maximum absolute atomic E-state index is 15.0. The lowest BCUT2D eigenvalue weighted by Crippen LogP contribution is -2.54. The predicted molar refractivity (Wildman–Crippen MR) is 109 cm³/mol. The molecule has 1 atom stereocenters. The van der Waals surface area contributed by atoms with Crippen LogP contribution in [0.4, 0.5) is 37.0 Å². The molecule has 0 radical (unpaired) electrons. The second-order valence-corrected chi connectivity index (χ2v) is 7.50. The van der Waals surface area contributed by atoms with Crippen LogP contribution in [0.1, 0.15) is 17.7 Å². The lowest BCUT2D eigenvalue weighted by molar-refractivity contribution is -0.137. The summed E-state index contributed by atoms with van der Waals surface area (Å²) in [6.07, 6.45) is -6.25. The van der Waals surface area contributed by atoms with E-state index in [1.54, 1.807) is 0 Å². The Balaban J connectivity index is 1.90. The van der Waals surface area contributed by atoms with Crippen LogP contribution in [-0.4, -0.2) is 48.3 Å². The van der Waals surface area contributed by atoms with Gasteiger partial charge in [0.15, 0.2) is 12.1 Å².